The number of benzene rings is 1. The number of nitrogens with zero attached hydrogens (tertiary/aromatic N) is 1. The summed E-state index contributed by atoms with van der Waals surface area (Å²) in [6.45, 7) is 0. The molecule has 1 spiro atoms. The Bertz CT molecular complexity index is 384. The van der Waals surface area contributed by atoms with Crippen molar-refractivity contribution in [3.05, 3.63) is 29.8 Å². The molecule has 3 rings (SSSR count). The maximum Gasteiger partial charge on any atom is 0.0667 e. The highest BCUT2D eigenvalue weighted by molar-refractivity contribution is 5.85. The van der Waals surface area contributed by atoms with Gasteiger partial charge in [0.1, 0.15) is 0 Å². The van der Waals surface area contributed by atoms with Gasteiger partial charge in [-0.15, -0.1) is 0 Å². The summed E-state index contributed by atoms with van der Waals surface area (Å²) in [6, 6.07) is 8.66. The zero-order chi connectivity index (χ0) is 10.1. The normalized spacial score (nSPS) is 22.7. The summed E-state index contributed by atoms with van der Waals surface area (Å²) in [7, 11) is 0. The van der Waals surface area contributed by atoms with Gasteiger partial charge in [-0.1, -0.05) is 43.9 Å². The molecular formula is C14H17N. The molecule has 0 unspecified atom stereocenters. The van der Waals surface area contributed by atoms with Crippen LogP contribution in [0.25, 0.3) is 0 Å². The van der Waals surface area contributed by atoms with Crippen LogP contribution in [-0.4, -0.2) is 6.21 Å². The third-order valence-electron chi connectivity index (χ3n) is 3.89. The fourth-order valence-electron chi connectivity index (χ4n) is 3.03. The van der Waals surface area contributed by atoms with Gasteiger partial charge in [0.2, 0.25) is 0 Å². The highest BCUT2D eigenvalue weighted by Crippen LogP contribution is 2.44. The Labute approximate surface area is 91.2 Å². The first-order chi connectivity index (χ1) is 7.41. The molecule has 0 atom stereocenters. The second kappa shape index (κ2) is 3.48. The number of aliphatic imine (C=N–C) groups is 1. The van der Waals surface area contributed by atoms with Crippen LogP contribution < -0.4 is 0 Å². The van der Waals surface area contributed by atoms with E-state index in [-0.39, 0.29) is 0 Å². The Kier molecular flexibility index (Phi) is 2.12. The number of para-hydroxylation sites is 1. The first kappa shape index (κ1) is 9.14. The fraction of sp³-hybridized carbons (Fsp3) is 0.500. The van der Waals surface area contributed by atoms with Crippen LogP contribution in [-0.2, 0) is 5.41 Å². The summed E-state index contributed by atoms with van der Waals surface area (Å²) in [5, 5.41) is 0. The average Bonchev–Trinajstić information content (AvgIpc) is 2.48. The smallest absolute Gasteiger partial charge is 0.0667 e. The maximum absolute atomic E-state index is 4.59. The first-order valence-corrected chi connectivity index (χ1v) is 6.05. The van der Waals surface area contributed by atoms with E-state index >= 15 is 0 Å². The minimum atomic E-state index is 0.299. The van der Waals surface area contributed by atoms with E-state index in [0.717, 1.165) is 0 Å². The van der Waals surface area contributed by atoms with E-state index in [1.807, 2.05) is 0 Å². The lowest BCUT2D eigenvalue weighted by molar-refractivity contribution is 0.514. The monoisotopic (exact) mass is 199 g/mol. The van der Waals surface area contributed by atoms with Gasteiger partial charge in [0.25, 0.3) is 0 Å². The molecule has 0 N–H and O–H groups in total. The van der Waals surface area contributed by atoms with Gasteiger partial charge in [-0.25, -0.2) is 0 Å². The van der Waals surface area contributed by atoms with Gasteiger partial charge in [0.05, 0.1) is 5.69 Å². The Morgan fingerprint density at radius 1 is 0.933 bits per heavy atom. The molecule has 78 valence electrons. The van der Waals surface area contributed by atoms with E-state index in [9.17, 15) is 0 Å². The number of hydrogen-bond acceptors (Lipinski definition) is 1. The predicted octanol–water partition coefficient (Wildman–Crippen LogP) is 3.99. The zero-order valence-electron chi connectivity index (χ0n) is 9.08. The van der Waals surface area contributed by atoms with Crippen LogP contribution >= 0.6 is 0 Å². The van der Waals surface area contributed by atoms with Gasteiger partial charge in [-0.05, 0) is 24.5 Å². The minimum absolute atomic E-state index is 0.299. The van der Waals surface area contributed by atoms with Gasteiger partial charge < -0.3 is 0 Å². The third kappa shape index (κ3) is 1.41. The quantitative estimate of drug-likeness (QED) is 0.599. The van der Waals surface area contributed by atoms with Gasteiger partial charge in [-0.3, -0.25) is 4.99 Å². The lowest BCUT2D eigenvalue weighted by Gasteiger charge is -2.25. The average molecular weight is 199 g/mol. The van der Waals surface area contributed by atoms with Crippen LogP contribution in [0.15, 0.2) is 29.3 Å². The summed E-state index contributed by atoms with van der Waals surface area (Å²) in [5.74, 6) is 0. The Balaban J connectivity index is 2.03. The molecule has 1 fully saturated rings. The largest absolute Gasteiger partial charge is 0.260 e. The van der Waals surface area contributed by atoms with Gasteiger partial charge in [0.15, 0.2) is 0 Å². The molecule has 1 aliphatic carbocycles. The van der Waals surface area contributed by atoms with E-state index in [1.54, 1.807) is 0 Å². The molecule has 1 aromatic carbocycles. The maximum atomic E-state index is 4.59. The van der Waals surface area contributed by atoms with Crippen molar-refractivity contribution in [1.82, 2.24) is 0 Å². The molecule has 15 heavy (non-hydrogen) atoms. The minimum Gasteiger partial charge on any atom is -0.260 e. The summed E-state index contributed by atoms with van der Waals surface area (Å²) in [5.41, 5.74) is 2.99. The number of fused-ring (bicyclic) bond motifs is 2. The van der Waals surface area contributed by atoms with Crippen molar-refractivity contribution in [2.45, 2.75) is 43.9 Å². The van der Waals surface area contributed by atoms with E-state index in [1.165, 1.54) is 49.8 Å². The molecular weight excluding hydrogens is 182 g/mol. The van der Waals surface area contributed by atoms with Gasteiger partial charge in [0, 0.05) is 11.6 Å². The van der Waals surface area contributed by atoms with Crippen LogP contribution in [0, 0.1) is 0 Å². The van der Waals surface area contributed by atoms with Crippen molar-refractivity contribution in [2.75, 3.05) is 0 Å². The molecule has 0 aromatic heterocycles. The van der Waals surface area contributed by atoms with Crippen molar-refractivity contribution in [1.29, 1.82) is 0 Å². The molecule has 1 nitrogen and oxygen atoms in total. The molecule has 1 aliphatic heterocycles. The SMILES string of the molecule is C1=Nc2ccccc2C12CCCCCC2. The van der Waals surface area contributed by atoms with Crippen molar-refractivity contribution in [3.8, 4) is 0 Å². The van der Waals surface area contributed by atoms with Crippen LogP contribution in [0.2, 0.25) is 0 Å². The molecule has 1 aromatic rings. The van der Waals surface area contributed by atoms with E-state index in [0.29, 0.717) is 5.41 Å². The van der Waals surface area contributed by atoms with E-state index < -0.39 is 0 Å². The molecule has 0 amide bonds. The fourth-order valence-corrected chi connectivity index (χ4v) is 3.03. The Hall–Kier alpha value is -1.11. The molecule has 2 aliphatic rings. The molecule has 1 heteroatoms. The second-order valence-corrected chi connectivity index (χ2v) is 4.85. The van der Waals surface area contributed by atoms with Crippen LogP contribution in [0.4, 0.5) is 5.69 Å². The highest BCUT2D eigenvalue weighted by atomic mass is 14.8. The van der Waals surface area contributed by atoms with Crippen molar-refractivity contribution in [3.63, 3.8) is 0 Å². The van der Waals surface area contributed by atoms with Crippen LogP contribution in [0.3, 0.4) is 0 Å². The number of rotatable bonds is 0. The molecule has 1 saturated carbocycles. The summed E-state index contributed by atoms with van der Waals surface area (Å²) >= 11 is 0. The predicted molar refractivity (Wildman–Crippen MR) is 64.0 cm³/mol. The molecule has 0 radical (unpaired) electrons. The summed E-state index contributed by atoms with van der Waals surface area (Å²) in [4.78, 5) is 4.59. The molecule has 0 saturated heterocycles. The lowest BCUT2D eigenvalue weighted by Crippen LogP contribution is -2.24. The van der Waals surface area contributed by atoms with Crippen LogP contribution in [0.1, 0.15) is 44.1 Å². The standard InChI is InChI=1S/C14H17N/c1-2-6-10-14(9-5-1)11-15-13-8-4-3-7-12(13)14/h3-4,7-8,11H,1-2,5-6,9-10H2. The second-order valence-electron chi connectivity index (χ2n) is 4.85. The highest BCUT2D eigenvalue weighted by Gasteiger charge is 2.35. The summed E-state index contributed by atoms with van der Waals surface area (Å²) < 4.78 is 0. The Morgan fingerprint density at radius 3 is 2.47 bits per heavy atom. The topological polar surface area (TPSA) is 12.4 Å². The zero-order valence-corrected chi connectivity index (χ0v) is 9.08. The first-order valence-electron chi connectivity index (χ1n) is 6.05. The molecule has 1 heterocycles. The van der Waals surface area contributed by atoms with E-state index in [4.69, 9.17) is 0 Å². The van der Waals surface area contributed by atoms with E-state index in [2.05, 4.69) is 35.5 Å². The lowest BCUT2D eigenvalue weighted by atomic mass is 9.76. The van der Waals surface area contributed by atoms with Crippen molar-refractivity contribution in [2.24, 2.45) is 4.99 Å². The summed E-state index contributed by atoms with van der Waals surface area (Å²) in [6.07, 6.45) is 10.3. The van der Waals surface area contributed by atoms with Crippen molar-refractivity contribution < 1.29 is 0 Å². The van der Waals surface area contributed by atoms with Crippen molar-refractivity contribution >= 4 is 11.9 Å². The Morgan fingerprint density at radius 2 is 1.67 bits per heavy atom. The number of hydrogen-bond donors (Lipinski definition) is 0. The van der Waals surface area contributed by atoms with Gasteiger partial charge >= 0.3 is 0 Å². The van der Waals surface area contributed by atoms with Crippen LogP contribution in [0.5, 0.6) is 0 Å². The van der Waals surface area contributed by atoms with Gasteiger partial charge in [-0.2, -0.15) is 0 Å². The molecule has 0 bridgehead atoms. The third-order valence-corrected chi connectivity index (χ3v) is 3.89.